The van der Waals surface area contributed by atoms with Gasteiger partial charge >= 0.3 is 0 Å². The van der Waals surface area contributed by atoms with E-state index in [4.69, 9.17) is 4.74 Å². The monoisotopic (exact) mass is 433 g/mol. The number of para-hydroxylation sites is 1. The summed E-state index contributed by atoms with van der Waals surface area (Å²) in [6, 6.07) is 15.3. The van der Waals surface area contributed by atoms with Gasteiger partial charge in [-0.25, -0.2) is 4.98 Å². The number of fused-ring (bicyclic) bond motifs is 1. The van der Waals surface area contributed by atoms with Crippen molar-refractivity contribution < 1.29 is 9.53 Å². The number of nitrogens with one attached hydrogen (secondary N) is 1. The lowest BCUT2D eigenvalue weighted by Gasteiger charge is -2.09. The molecule has 0 aliphatic carbocycles. The number of aromatic nitrogens is 2. The number of benzene rings is 2. The van der Waals surface area contributed by atoms with E-state index in [0.717, 1.165) is 16.9 Å². The number of carbonyl (C=O) groups is 1. The molecule has 31 heavy (non-hydrogen) atoms. The number of nitrogens with zero attached hydrogens (tertiary/aromatic N) is 2. The Morgan fingerprint density at radius 1 is 1.10 bits per heavy atom. The molecule has 0 radical (unpaired) electrons. The van der Waals surface area contributed by atoms with E-state index in [1.807, 2.05) is 56.3 Å². The molecule has 0 unspecified atom stereocenters. The Bertz CT molecular complexity index is 1290. The SMILES string of the molecule is Cc1cc(C)cc(OCCn2cnc3sc(C(=O)Nc4ccccc4)c(C)c3c2=O)c1. The van der Waals surface area contributed by atoms with Crippen molar-refractivity contribution in [1.29, 1.82) is 0 Å². The molecule has 2 aromatic heterocycles. The van der Waals surface area contributed by atoms with Crippen LogP contribution in [0.1, 0.15) is 26.4 Å². The van der Waals surface area contributed by atoms with Crippen molar-refractivity contribution in [1.82, 2.24) is 9.55 Å². The Morgan fingerprint density at radius 3 is 2.52 bits per heavy atom. The van der Waals surface area contributed by atoms with Gasteiger partial charge in [0.05, 0.1) is 23.1 Å². The van der Waals surface area contributed by atoms with Crippen molar-refractivity contribution >= 4 is 33.1 Å². The maximum absolute atomic E-state index is 13.0. The first-order valence-corrected chi connectivity index (χ1v) is 10.8. The van der Waals surface area contributed by atoms with Crippen LogP contribution in [0.4, 0.5) is 5.69 Å². The van der Waals surface area contributed by atoms with E-state index >= 15 is 0 Å². The molecule has 7 heteroatoms. The minimum Gasteiger partial charge on any atom is -0.492 e. The molecule has 0 saturated carbocycles. The molecule has 0 aliphatic heterocycles. The summed E-state index contributed by atoms with van der Waals surface area (Å²) in [4.78, 5) is 31.2. The van der Waals surface area contributed by atoms with Crippen LogP contribution >= 0.6 is 11.3 Å². The van der Waals surface area contributed by atoms with Gasteiger partial charge in [-0.3, -0.25) is 14.2 Å². The number of rotatable bonds is 6. The van der Waals surface area contributed by atoms with Crippen molar-refractivity contribution in [2.45, 2.75) is 27.3 Å². The molecule has 1 N–H and O–H groups in total. The highest BCUT2D eigenvalue weighted by Gasteiger charge is 2.19. The minimum atomic E-state index is -0.240. The Kier molecular flexibility index (Phi) is 5.86. The van der Waals surface area contributed by atoms with Gasteiger partial charge < -0.3 is 10.1 Å². The molecule has 4 rings (SSSR count). The molecular weight excluding hydrogens is 410 g/mol. The van der Waals surface area contributed by atoms with Gasteiger partial charge in [0.15, 0.2) is 0 Å². The first kappa shape index (κ1) is 20.8. The van der Waals surface area contributed by atoms with E-state index in [0.29, 0.717) is 39.5 Å². The van der Waals surface area contributed by atoms with Crippen LogP contribution in [0, 0.1) is 20.8 Å². The predicted octanol–water partition coefficient (Wildman–Crippen LogP) is 4.71. The van der Waals surface area contributed by atoms with Gasteiger partial charge in [0.25, 0.3) is 11.5 Å². The molecule has 0 bridgehead atoms. The summed E-state index contributed by atoms with van der Waals surface area (Å²) in [5.74, 6) is 0.543. The van der Waals surface area contributed by atoms with Gasteiger partial charge in [-0.05, 0) is 61.7 Å². The zero-order valence-corrected chi connectivity index (χ0v) is 18.5. The fourth-order valence-corrected chi connectivity index (χ4v) is 4.56. The third-order valence-electron chi connectivity index (χ3n) is 4.95. The summed E-state index contributed by atoms with van der Waals surface area (Å²) >= 11 is 1.23. The number of hydrogen-bond acceptors (Lipinski definition) is 5. The fourth-order valence-electron chi connectivity index (χ4n) is 3.52. The van der Waals surface area contributed by atoms with Gasteiger partial charge in [0.1, 0.15) is 17.2 Å². The lowest BCUT2D eigenvalue weighted by atomic mass is 10.1. The summed E-state index contributed by atoms with van der Waals surface area (Å²) in [7, 11) is 0. The molecule has 2 aromatic carbocycles. The van der Waals surface area contributed by atoms with Crippen molar-refractivity contribution in [3.63, 3.8) is 0 Å². The van der Waals surface area contributed by atoms with Crippen molar-refractivity contribution in [3.05, 3.63) is 86.8 Å². The van der Waals surface area contributed by atoms with Crippen molar-refractivity contribution in [3.8, 4) is 5.75 Å². The average Bonchev–Trinajstić information content (AvgIpc) is 3.07. The quantitative estimate of drug-likeness (QED) is 0.478. The smallest absolute Gasteiger partial charge is 0.266 e. The van der Waals surface area contributed by atoms with Gasteiger partial charge in [0.2, 0.25) is 0 Å². The van der Waals surface area contributed by atoms with E-state index in [9.17, 15) is 9.59 Å². The number of carbonyl (C=O) groups excluding carboxylic acids is 1. The van der Waals surface area contributed by atoms with E-state index in [1.165, 1.54) is 22.2 Å². The minimum absolute atomic E-state index is 0.165. The third-order valence-corrected chi connectivity index (χ3v) is 6.15. The summed E-state index contributed by atoms with van der Waals surface area (Å²) in [6.07, 6.45) is 1.52. The van der Waals surface area contributed by atoms with Gasteiger partial charge in [-0.15, -0.1) is 11.3 Å². The molecule has 6 nitrogen and oxygen atoms in total. The highest BCUT2D eigenvalue weighted by Crippen LogP contribution is 2.27. The molecule has 158 valence electrons. The van der Waals surface area contributed by atoms with E-state index in [1.54, 1.807) is 6.92 Å². The fraction of sp³-hybridized carbons (Fsp3) is 0.208. The Hall–Kier alpha value is -3.45. The highest BCUT2D eigenvalue weighted by molar-refractivity contribution is 7.20. The maximum Gasteiger partial charge on any atom is 0.266 e. The normalized spacial score (nSPS) is 10.9. The molecule has 0 atom stereocenters. The van der Waals surface area contributed by atoms with E-state index in [2.05, 4.69) is 16.4 Å². The molecule has 0 fully saturated rings. The van der Waals surface area contributed by atoms with Gasteiger partial charge in [-0.2, -0.15) is 0 Å². The molecule has 2 heterocycles. The van der Waals surface area contributed by atoms with Crippen LogP contribution in [-0.4, -0.2) is 22.1 Å². The second-order valence-electron chi connectivity index (χ2n) is 7.47. The topological polar surface area (TPSA) is 73.2 Å². The maximum atomic E-state index is 13.0. The predicted molar refractivity (Wildman–Crippen MR) is 124 cm³/mol. The molecule has 0 aliphatic rings. The zero-order valence-electron chi connectivity index (χ0n) is 17.6. The Balaban J connectivity index is 1.53. The summed E-state index contributed by atoms with van der Waals surface area (Å²) in [5.41, 5.74) is 3.45. The first-order valence-electron chi connectivity index (χ1n) is 9.98. The summed E-state index contributed by atoms with van der Waals surface area (Å²) in [6.45, 7) is 6.55. The van der Waals surface area contributed by atoms with E-state index < -0.39 is 0 Å². The van der Waals surface area contributed by atoms with Crippen LogP contribution < -0.4 is 15.6 Å². The number of thiophene rings is 1. The second-order valence-corrected chi connectivity index (χ2v) is 8.47. The molecule has 4 aromatic rings. The average molecular weight is 434 g/mol. The lowest BCUT2D eigenvalue weighted by Crippen LogP contribution is -2.23. The third kappa shape index (κ3) is 4.51. The van der Waals surface area contributed by atoms with Crippen LogP contribution in [0.2, 0.25) is 0 Å². The van der Waals surface area contributed by atoms with Crippen LogP contribution in [0.25, 0.3) is 10.2 Å². The van der Waals surface area contributed by atoms with E-state index in [-0.39, 0.29) is 11.5 Å². The highest BCUT2D eigenvalue weighted by atomic mass is 32.1. The first-order chi connectivity index (χ1) is 14.9. The van der Waals surface area contributed by atoms with Gasteiger partial charge in [0, 0.05) is 5.69 Å². The molecule has 1 amide bonds. The summed E-state index contributed by atoms with van der Waals surface area (Å²) < 4.78 is 7.36. The van der Waals surface area contributed by atoms with Crippen molar-refractivity contribution in [2.24, 2.45) is 0 Å². The molecular formula is C24H23N3O3S. The number of amides is 1. The largest absolute Gasteiger partial charge is 0.492 e. The molecule has 0 spiro atoms. The van der Waals surface area contributed by atoms with Crippen molar-refractivity contribution in [2.75, 3.05) is 11.9 Å². The number of ether oxygens (including phenoxy) is 1. The number of hydrogen-bond donors (Lipinski definition) is 1. The van der Waals surface area contributed by atoms with Crippen LogP contribution in [0.5, 0.6) is 5.75 Å². The number of aryl methyl sites for hydroxylation is 3. The second kappa shape index (κ2) is 8.73. The lowest BCUT2D eigenvalue weighted by molar-refractivity contribution is 0.103. The standard InChI is InChI=1S/C24H23N3O3S/c1-15-11-16(2)13-19(12-15)30-10-9-27-14-25-23-20(24(27)29)17(3)21(31-23)22(28)26-18-7-5-4-6-8-18/h4-8,11-14H,9-10H2,1-3H3,(H,26,28). The zero-order chi connectivity index (χ0) is 22.0. The summed E-state index contributed by atoms with van der Waals surface area (Å²) in [5, 5.41) is 3.35. The van der Waals surface area contributed by atoms with Crippen LogP contribution in [0.15, 0.2) is 59.7 Å². The van der Waals surface area contributed by atoms with Crippen LogP contribution in [0.3, 0.4) is 0 Å². The Labute approximate surface area is 184 Å². The Morgan fingerprint density at radius 2 is 1.81 bits per heavy atom. The van der Waals surface area contributed by atoms with Crippen LogP contribution in [-0.2, 0) is 6.54 Å². The number of anilines is 1. The van der Waals surface area contributed by atoms with Gasteiger partial charge in [-0.1, -0.05) is 24.3 Å². The molecule has 0 saturated heterocycles.